The van der Waals surface area contributed by atoms with Gasteiger partial charge in [-0.05, 0) is 18.7 Å². The number of nitrogens with zero attached hydrogens (tertiary/aromatic N) is 3. The number of halogens is 1. The lowest BCUT2D eigenvalue weighted by Gasteiger charge is -2.23. The van der Waals surface area contributed by atoms with E-state index < -0.39 is 0 Å². The molecule has 0 saturated carbocycles. The molecule has 8 heteroatoms. The number of carbonyl (C=O) groups is 1. The van der Waals surface area contributed by atoms with Crippen LogP contribution in [0.3, 0.4) is 0 Å². The van der Waals surface area contributed by atoms with Gasteiger partial charge in [0, 0.05) is 41.0 Å². The Morgan fingerprint density at radius 2 is 2.31 bits per heavy atom. The highest BCUT2D eigenvalue weighted by Gasteiger charge is 2.21. The van der Waals surface area contributed by atoms with Crippen molar-refractivity contribution >= 4 is 34.0 Å². The molecule has 1 aliphatic heterocycles. The molecule has 6 nitrogen and oxygen atoms in total. The fourth-order valence-corrected chi connectivity index (χ4v) is 4.13. The number of thiazole rings is 1. The van der Waals surface area contributed by atoms with Gasteiger partial charge in [0.15, 0.2) is 16.6 Å². The molecular weight excluding hydrogens is 372 g/mol. The van der Waals surface area contributed by atoms with E-state index in [0.29, 0.717) is 15.9 Å². The lowest BCUT2D eigenvalue weighted by molar-refractivity contribution is 0.101. The average Bonchev–Trinajstić information content (AvgIpc) is 3.27. The van der Waals surface area contributed by atoms with Crippen molar-refractivity contribution < 1.29 is 9.32 Å². The molecule has 26 heavy (non-hydrogen) atoms. The van der Waals surface area contributed by atoms with Gasteiger partial charge in [0.2, 0.25) is 0 Å². The summed E-state index contributed by atoms with van der Waals surface area (Å²) in [5, 5.41) is 7.89. The highest BCUT2D eigenvalue weighted by atomic mass is 35.5. The van der Waals surface area contributed by atoms with Gasteiger partial charge in [-0.2, -0.15) is 0 Å². The lowest BCUT2D eigenvalue weighted by Crippen LogP contribution is -2.29. The van der Waals surface area contributed by atoms with Crippen molar-refractivity contribution in [2.75, 3.05) is 18.4 Å². The lowest BCUT2D eigenvalue weighted by atomic mass is 10.1. The van der Waals surface area contributed by atoms with Crippen LogP contribution in [0.5, 0.6) is 0 Å². The van der Waals surface area contributed by atoms with Crippen molar-refractivity contribution in [3.8, 4) is 11.3 Å². The van der Waals surface area contributed by atoms with E-state index in [4.69, 9.17) is 16.1 Å². The fraction of sp³-hybridized carbons (Fsp3) is 0.278. The van der Waals surface area contributed by atoms with Gasteiger partial charge in [-0.1, -0.05) is 35.8 Å². The van der Waals surface area contributed by atoms with E-state index in [1.54, 1.807) is 18.2 Å². The zero-order valence-electron chi connectivity index (χ0n) is 14.2. The summed E-state index contributed by atoms with van der Waals surface area (Å²) in [7, 11) is 0. The summed E-state index contributed by atoms with van der Waals surface area (Å²) in [5.41, 5.74) is 2.06. The highest BCUT2D eigenvalue weighted by molar-refractivity contribution is 7.15. The summed E-state index contributed by atoms with van der Waals surface area (Å²) < 4.78 is 5.28. The molecule has 3 heterocycles. The number of nitrogens with one attached hydrogen (secondary N) is 1. The normalized spacial score (nSPS) is 14.2. The van der Waals surface area contributed by atoms with Crippen molar-refractivity contribution in [2.45, 2.75) is 19.9 Å². The topological polar surface area (TPSA) is 71.3 Å². The highest BCUT2D eigenvalue weighted by Crippen LogP contribution is 2.29. The number of rotatable bonds is 4. The number of amides is 1. The number of hydrogen-bond acceptors (Lipinski definition) is 6. The second-order valence-electron chi connectivity index (χ2n) is 6.05. The molecule has 0 fully saturated rings. The number of likely N-dealkylation sites (N-methyl/N-ethyl adjacent to an activating group) is 1. The molecule has 0 bridgehead atoms. The molecule has 0 spiro atoms. The first-order valence-electron chi connectivity index (χ1n) is 8.37. The molecule has 1 amide bonds. The van der Waals surface area contributed by atoms with Gasteiger partial charge in [0.05, 0.1) is 5.69 Å². The van der Waals surface area contributed by atoms with Crippen LogP contribution in [-0.2, 0) is 13.0 Å². The molecule has 134 valence electrons. The van der Waals surface area contributed by atoms with Gasteiger partial charge in [-0.3, -0.25) is 15.0 Å². The maximum Gasteiger partial charge on any atom is 0.279 e. The minimum Gasteiger partial charge on any atom is -0.355 e. The van der Waals surface area contributed by atoms with Crippen molar-refractivity contribution in [1.29, 1.82) is 0 Å². The van der Waals surface area contributed by atoms with E-state index in [2.05, 4.69) is 27.3 Å². The predicted octanol–water partition coefficient (Wildman–Crippen LogP) is 4.08. The molecule has 2 aromatic heterocycles. The fourth-order valence-electron chi connectivity index (χ4n) is 2.89. The molecule has 3 aromatic rings. The second kappa shape index (κ2) is 7.19. The zero-order chi connectivity index (χ0) is 18.1. The van der Waals surface area contributed by atoms with Gasteiger partial charge in [0.25, 0.3) is 5.91 Å². The van der Waals surface area contributed by atoms with E-state index >= 15 is 0 Å². The van der Waals surface area contributed by atoms with Crippen LogP contribution in [0, 0.1) is 0 Å². The summed E-state index contributed by atoms with van der Waals surface area (Å²) in [6.45, 7) is 5.07. The van der Waals surface area contributed by atoms with Crippen LogP contribution in [0.15, 0.2) is 34.9 Å². The van der Waals surface area contributed by atoms with Gasteiger partial charge in [0.1, 0.15) is 0 Å². The van der Waals surface area contributed by atoms with E-state index in [9.17, 15) is 4.79 Å². The monoisotopic (exact) mass is 388 g/mol. The summed E-state index contributed by atoms with van der Waals surface area (Å²) >= 11 is 7.51. The average molecular weight is 389 g/mol. The Morgan fingerprint density at radius 1 is 1.42 bits per heavy atom. The van der Waals surface area contributed by atoms with Crippen LogP contribution in [0.2, 0.25) is 5.02 Å². The van der Waals surface area contributed by atoms with Gasteiger partial charge in [-0.15, -0.1) is 11.3 Å². The van der Waals surface area contributed by atoms with Gasteiger partial charge < -0.3 is 4.52 Å². The van der Waals surface area contributed by atoms with Crippen LogP contribution in [0.25, 0.3) is 11.3 Å². The zero-order valence-corrected chi connectivity index (χ0v) is 15.7. The van der Waals surface area contributed by atoms with Crippen molar-refractivity contribution in [3.05, 3.63) is 51.6 Å². The minimum atomic E-state index is -0.333. The number of fused-ring (bicyclic) bond motifs is 1. The smallest absolute Gasteiger partial charge is 0.279 e. The van der Waals surface area contributed by atoms with E-state index in [0.717, 1.165) is 37.3 Å². The standard InChI is InChI=1S/C18H17ClN4O2S/c1-2-23-7-6-13-16(10-23)26-18(20-13)21-17(24)14-9-15(25-22-14)11-4-3-5-12(19)8-11/h3-5,8-9H,2,6-7,10H2,1H3,(H,20,21,24). The largest absolute Gasteiger partial charge is 0.355 e. The van der Waals surface area contributed by atoms with Gasteiger partial charge >= 0.3 is 0 Å². The van der Waals surface area contributed by atoms with E-state index in [-0.39, 0.29) is 11.6 Å². The number of carbonyl (C=O) groups excluding carboxylic acids is 1. The van der Waals surface area contributed by atoms with E-state index in [1.165, 1.54) is 16.2 Å². The van der Waals surface area contributed by atoms with Gasteiger partial charge in [-0.25, -0.2) is 4.98 Å². The summed E-state index contributed by atoms with van der Waals surface area (Å²) in [5.74, 6) is 0.162. The van der Waals surface area contributed by atoms with E-state index in [1.807, 2.05) is 12.1 Å². The molecule has 1 N–H and O–H groups in total. The molecule has 0 atom stereocenters. The first kappa shape index (κ1) is 17.2. The molecule has 4 rings (SSSR count). The molecule has 0 radical (unpaired) electrons. The van der Waals surface area contributed by atoms with Crippen LogP contribution >= 0.6 is 22.9 Å². The van der Waals surface area contributed by atoms with Crippen LogP contribution < -0.4 is 5.32 Å². The Morgan fingerprint density at radius 3 is 3.12 bits per heavy atom. The molecule has 0 saturated heterocycles. The quantitative estimate of drug-likeness (QED) is 0.729. The maximum absolute atomic E-state index is 12.5. The van der Waals surface area contributed by atoms with Crippen LogP contribution in [0.1, 0.15) is 28.0 Å². The Kier molecular flexibility index (Phi) is 4.76. The number of hydrogen-bond donors (Lipinski definition) is 1. The van der Waals surface area contributed by atoms with Crippen molar-refractivity contribution in [2.24, 2.45) is 0 Å². The Balaban J connectivity index is 1.48. The second-order valence-corrected chi connectivity index (χ2v) is 7.57. The number of benzene rings is 1. The predicted molar refractivity (Wildman–Crippen MR) is 102 cm³/mol. The Hall–Kier alpha value is -2.22. The van der Waals surface area contributed by atoms with Crippen LogP contribution in [-0.4, -0.2) is 34.0 Å². The summed E-state index contributed by atoms with van der Waals surface area (Å²) in [4.78, 5) is 20.6. The minimum absolute atomic E-state index is 0.211. The third-order valence-corrected chi connectivity index (χ3v) is 5.56. The molecule has 0 aliphatic carbocycles. The third kappa shape index (κ3) is 3.51. The number of aromatic nitrogens is 2. The Bertz CT molecular complexity index is 952. The SMILES string of the molecule is CCN1CCc2nc(NC(=O)c3cc(-c4cccc(Cl)c4)on3)sc2C1. The molecular formula is C18H17ClN4O2S. The maximum atomic E-state index is 12.5. The summed E-state index contributed by atoms with van der Waals surface area (Å²) in [6, 6.07) is 8.81. The molecule has 1 aliphatic rings. The molecule has 0 unspecified atom stereocenters. The summed E-state index contributed by atoms with van der Waals surface area (Å²) in [6.07, 6.45) is 0.915. The molecule has 1 aromatic carbocycles. The first-order valence-corrected chi connectivity index (χ1v) is 9.56. The first-order chi connectivity index (χ1) is 12.6. The Labute approximate surface area is 159 Å². The van der Waals surface area contributed by atoms with Crippen LogP contribution in [0.4, 0.5) is 5.13 Å². The van der Waals surface area contributed by atoms with Crippen molar-refractivity contribution in [1.82, 2.24) is 15.0 Å². The van der Waals surface area contributed by atoms with Crippen molar-refractivity contribution in [3.63, 3.8) is 0 Å². The number of anilines is 1. The third-order valence-electron chi connectivity index (χ3n) is 4.33.